The molecule has 0 amide bonds. The Kier molecular flexibility index (Phi) is 5.80. The molecule has 2 aromatic rings. The smallest absolute Gasteiger partial charge is 0.236 e. The van der Waals surface area contributed by atoms with Crippen molar-refractivity contribution in [1.29, 1.82) is 0 Å². The van der Waals surface area contributed by atoms with E-state index in [1.807, 2.05) is 24.6 Å². The number of aliphatic imine (C=N–C) groups is 1. The van der Waals surface area contributed by atoms with Gasteiger partial charge in [0.2, 0.25) is 5.89 Å². The van der Waals surface area contributed by atoms with E-state index in [-0.39, 0.29) is 0 Å². The Morgan fingerprint density at radius 3 is 3.05 bits per heavy atom. The van der Waals surface area contributed by atoms with E-state index in [9.17, 15) is 0 Å². The van der Waals surface area contributed by atoms with Crippen molar-refractivity contribution in [3.63, 3.8) is 0 Å². The Bertz CT molecular complexity index is 562. The van der Waals surface area contributed by atoms with E-state index < -0.39 is 0 Å². The van der Waals surface area contributed by atoms with Crippen molar-refractivity contribution < 1.29 is 4.42 Å². The highest BCUT2D eigenvalue weighted by Crippen LogP contribution is 2.23. The number of thiophene rings is 1. The Morgan fingerprint density at radius 2 is 2.38 bits per heavy atom. The maximum Gasteiger partial charge on any atom is 0.236 e. The van der Waals surface area contributed by atoms with Crippen molar-refractivity contribution in [3.8, 4) is 10.8 Å². The lowest BCUT2D eigenvalue weighted by atomic mass is 10.3. The molecule has 2 rings (SSSR count). The van der Waals surface area contributed by atoms with E-state index in [1.54, 1.807) is 24.6 Å². The first-order valence-corrected chi connectivity index (χ1v) is 8.02. The minimum absolute atomic E-state index is 0.609. The third-order valence-corrected chi connectivity index (χ3v) is 3.99. The van der Waals surface area contributed by atoms with Crippen LogP contribution in [0.3, 0.4) is 0 Å². The fourth-order valence-corrected chi connectivity index (χ4v) is 2.61. The molecule has 2 heterocycles. The van der Waals surface area contributed by atoms with Crippen LogP contribution in [0.15, 0.2) is 33.2 Å². The summed E-state index contributed by atoms with van der Waals surface area (Å²) in [6.07, 6.45) is 4.03. The third kappa shape index (κ3) is 4.32. The molecule has 0 aliphatic carbocycles. The monoisotopic (exact) mass is 306 g/mol. The Hall–Kier alpha value is -1.82. The minimum Gasteiger partial charge on any atom is -0.443 e. The molecule has 0 fully saturated rings. The molecular formula is C15H22N4OS. The average molecular weight is 306 g/mol. The number of nitrogens with one attached hydrogen (secondary N) is 1. The van der Waals surface area contributed by atoms with Crippen molar-refractivity contribution in [2.45, 2.75) is 26.3 Å². The number of aromatic nitrogens is 1. The van der Waals surface area contributed by atoms with Crippen LogP contribution < -0.4 is 5.32 Å². The van der Waals surface area contributed by atoms with Crippen LogP contribution in [-0.4, -0.2) is 36.5 Å². The lowest BCUT2D eigenvalue weighted by Crippen LogP contribution is -2.39. The number of oxazole rings is 1. The summed E-state index contributed by atoms with van der Waals surface area (Å²) in [6, 6.07) is 4.00. The molecule has 0 spiro atoms. The maximum absolute atomic E-state index is 5.51. The molecule has 0 bridgehead atoms. The van der Waals surface area contributed by atoms with Gasteiger partial charge in [0.15, 0.2) is 5.96 Å². The number of hydrogen-bond acceptors (Lipinski definition) is 4. The first-order valence-electron chi connectivity index (χ1n) is 7.14. The molecule has 0 unspecified atom stereocenters. The predicted molar refractivity (Wildman–Crippen MR) is 87.6 cm³/mol. The summed E-state index contributed by atoms with van der Waals surface area (Å²) in [5.41, 5.74) is 0.878. The molecule has 0 aliphatic heterocycles. The van der Waals surface area contributed by atoms with Crippen LogP contribution in [-0.2, 0) is 6.54 Å². The Morgan fingerprint density at radius 1 is 1.52 bits per heavy atom. The lowest BCUT2D eigenvalue weighted by Gasteiger charge is -2.21. The minimum atomic E-state index is 0.609. The summed E-state index contributed by atoms with van der Waals surface area (Å²) >= 11 is 1.62. The highest BCUT2D eigenvalue weighted by molar-refractivity contribution is 7.13. The highest BCUT2D eigenvalue weighted by atomic mass is 32.1. The van der Waals surface area contributed by atoms with E-state index in [0.717, 1.165) is 29.5 Å². The summed E-state index contributed by atoms with van der Waals surface area (Å²) in [6.45, 7) is 3.79. The van der Waals surface area contributed by atoms with Gasteiger partial charge in [0.25, 0.3) is 0 Å². The summed E-state index contributed by atoms with van der Waals surface area (Å²) in [5, 5.41) is 5.33. The SMILES string of the molecule is CCCCN(C)C(=NC)NCc1coc(-c2cccs2)n1. The van der Waals surface area contributed by atoms with Gasteiger partial charge in [-0.05, 0) is 17.9 Å². The van der Waals surface area contributed by atoms with E-state index in [4.69, 9.17) is 4.42 Å². The first-order chi connectivity index (χ1) is 10.2. The predicted octanol–water partition coefficient (Wildman–Crippen LogP) is 3.21. The van der Waals surface area contributed by atoms with Gasteiger partial charge in [-0.15, -0.1) is 11.3 Å². The second-order valence-electron chi connectivity index (χ2n) is 4.80. The zero-order chi connectivity index (χ0) is 15.1. The van der Waals surface area contributed by atoms with E-state index in [0.29, 0.717) is 12.4 Å². The van der Waals surface area contributed by atoms with Crippen molar-refractivity contribution >= 4 is 17.3 Å². The van der Waals surface area contributed by atoms with Gasteiger partial charge in [0.05, 0.1) is 17.1 Å². The quantitative estimate of drug-likeness (QED) is 0.658. The van der Waals surface area contributed by atoms with Crippen LogP contribution >= 0.6 is 11.3 Å². The molecule has 2 aromatic heterocycles. The zero-order valence-electron chi connectivity index (χ0n) is 12.8. The van der Waals surface area contributed by atoms with E-state index >= 15 is 0 Å². The van der Waals surface area contributed by atoms with Crippen molar-refractivity contribution in [3.05, 3.63) is 29.5 Å². The van der Waals surface area contributed by atoms with Crippen molar-refractivity contribution in [2.24, 2.45) is 4.99 Å². The maximum atomic E-state index is 5.51. The number of nitrogens with zero attached hydrogens (tertiary/aromatic N) is 3. The number of hydrogen-bond donors (Lipinski definition) is 1. The topological polar surface area (TPSA) is 53.7 Å². The van der Waals surface area contributed by atoms with Crippen LogP contribution in [0.1, 0.15) is 25.5 Å². The Labute approximate surface area is 129 Å². The van der Waals surface area contributed by atoms with Crippen LogP contribution in [0, 0.1) is 0 Å². The van der Waals surface area contributed by atoms with Crippen LogP contribution in [0.2, 0.25) is 0 Å². The normalized spacial score (nSPS) is 11.7. The van der Waals surface area contributed by atoms with Gasteiger partial charge in [-0.3, -0.25) is 4.99 Å². The third-order valence-electron chi connectivity index (χ3n) is 3.13. The number of guanidine groups is 1. The van der Waals surface area contributed by atoms with Gasteiger partial charge < -0.3 is 14.6 Å². The second kappa shape index (κ2) is 7.83. The van der Waals surface area contributed by atoms with Gasteiger partial charge in [0.1, 0.15) is 6.26 Å². The summed E-state index contributed by atoms with van der Waals surface area (Å²) < 4.78 is 5.51. The average Bonchev–Trinajstić information content (AvgIpc) is 3.16. The fraction of sp³-hybridized carbons (Fsp3) is 0.467. The molecular weight excluding hydrogens is 284 g/mol. The molecule has 6 heteroatoms. The molecule has 0 aliphatic rings. The standard InChI is InChI=1S/C15H22N4OS/c1-4-5-8-19(3)15(16-2)17-10-12-11-20-14(18-12)13-7-6-9-21-13/h6-7,9,11H,4-5,8,10H2,1-3H3,(H,16,17). The molecule has 0 aromatic carbocycles. The molecule has 1 N–H and O–H groups in total. The highest BCUT2D eigenvalue weighted by Gasteiger charge is 2.09. The fourth-order valence-electron chi connectivity index (χ4n) is 1.96. The molecule has 0 saturated heterocycles. The summed E-state index contributed by atoms with van der Waals surface area (Å²) in [5.74, 6) is 1.56. The van der Waals surface area contributed by atoms with Gasteiger partial charge in [-0.1, -0.05) is 19.4 Å². The van der Waals surface area contributed by atoms with Gasteiger partial charge in [0, 0.05) is 20.6 Å². The van der Waals surface area contributed by atoms with Gasteiger partial charge >= 0.3 is 0 Å². The molecule has 5 nitrogen and oxygen atoms in total. The van der Waals surface area contributed by atoms with Crippen LogP contribution in [0.5, 0.6) is 0 Å². The molecule has 0 atom stereocenters. The van der Waals surface area contributed by atoms with Gasteiger partial charge in [-0.2, -0.15) is 0 Å². The second-order valence-corrected chi connectivity index (χ2v) is 5.74. The molecule has 114 valence electrons. The molecule has 21 heavy (non-hydrogen) atoms. The Balaban J connectivity index is 1.90. The largest absolute Gasteiger partial charge is 0.443 e. The zero-order valence-corrected chi connectivity index (χ0v) is 13.6. The van der Waals surface area contributed by atoms with E-state index in [1.165, 1.54) is 6.42 Å². The van der Waals surface area contributed by atoms with Crippen LogP contribution in [0.4, 0.5) is 0 Å². The number of rotatable bonds is 6. The molecule has 0 saturated carbocycles. The number of unbranched alkanes of at least 4 members (excludes halogenated alkanes) is 1. The lowest BCUT2D eigenvalue weighted by molar-refractivity contribution is 0.464. The summed E-state index contributed by atoms with van der Waals surface area (Å²) in [4.78, 5) is 12.0. The van der Waals surface area contributed by atoms with Gasteiger partial charge in [-0.25, -0.2) is 4.98 Å². The first kappa shape index (κ1) is 15.6. The van der Waals surface area contributed by atoms with Crippen molar-refractivity contribution in [1.82, 2.24) is 15.2 Å². The molecule has 0 radical (unpaired) electrons. The van der Waals surface area contributed by atoms with Crippen LogP contribution in [0.25, 0.3) is 10.8 Å². The van der Waals surface area contributed by atoms with Crippen molar-refractivity contribution in [2.75, 3.05) is 20.6 Å². The van der Waals surface area contributed by atoms with E-state index in [2.05, 4.69) is 27.1 Å². The summed E-state index contributed by atoms with van der Waals surface area (Å²) in [7, 11) is 3.84.